The third-order valence-electron chi connectivity index (χ3n) is 4.61. The number of benzene rings is 2. The van der Waals surface area contributed by atoms with Gasteiger partial charge in [-0.25, -0.2) is 8.93 Å². The van der Waals surface area contributed by atoms with E-state index >= 15 is 0 Å². The van der Waals surface area contributed by atoms with Crippen LogP contribution < -0.4 is 0 Å². The molecule has 2 aromatic carbocycles. The third kappa shape index (κ3) is 2.92. The first kappa shape index (κ1) is 15.6. The summed E-state index contributed by atoms with van der Waals surface area (Å²) < 4.78 is 7.09. The summed E-state index contributed by atoms with van der Waals surface area (Å²) in [6.45, 7) is 3.69. The summed E-state index contributed by atoms with van der Waals surface area (Å²) in [5.41, 5.74) is 3.06. The second kappa shape index (κ2) is 6.20. The van der Waals surface area contributed by atoms with Gasteiger partial charge in [0.15, 0.2) is 0 Å². The van der Waals surface area contributed by atoms with Gasteiger partial charge in [0.05, 0.1) is 10.5 Å². The number of aryl methyl sites for hydroxylation is 1. The van der Waals surface area contributed by atoms with Gasteiger partial charge in [-0.3, -0.25) is 0 Å². The van der Waals surface area contributed by atoms with Gasteiger partial charge in [-0.2, -0.15) is 0 Å². The zero-order valence-corrected chi connectivity index (χ0v) is 14.3. The van der Waals surface area contributed by atoms with Crippen LogP contribution in [0.5, 0.6) is 0 Å². The molecule has 0 radical (unpaired) electrons. The van der Waals surface area contributed by atoms with E-state index in [0.29, 0.717) is 0 Å². The average molecular weight is 341 g/mol. The number of aliphatic hydroxyl groups is 1. The van der Waals surface area contributed by atoms with Crippen LogP contribution in [0.2, 0.25) is 0 Å². The summed E-state index contributed by atoms with van der Waals surface area (Å²) in [6.07, 6.45) is 1.44. The molecule has 1 aromatic heterocycles. The summed E-state index contributed by atoms with van der Waals surface area (Å²) in [7, 11) is 0. The van der Waals surface area contributed by atoms with E-state index in [9.17, 15) is 5.11 Å². The van der Waals surface area contributed by atoms with Gasteiger partial charge in [0.25, 0.3) is 0 Å². The summed E-state index contributed by atoms with van der Waals surface area (Å²) in [5.74, 6) is 0. The Morgan fingerprint density at radius 2 is 1.83 bits per heavy atom. The van der Waals surface area contributed by atoms with E-state index in [1.54, 1.807) is 11.9 Å². The van der Waals surface area contributed by atoms with Gasteiger partial charge in [-0.1, -0.05) is 35.9 Å². The Balaban J connectivity index is 1.46. The maximum absolute atomic E-state index is 11.0. The van der Waals surface area contributed by atoms with Crippen LogP contribution in [0.25, 0.3) is 11.0 Å². The molecule has 1 fully saturated rings. The number of rotatable bonds is 3. The van der Waals surface area contributed by atoms with E-state index in [0.717, 1.165) is 47.4 Å². The van der Waals surface area contributed by atoms with Crippen LogP contribution in [-0.4, -0.2) is 32.8 Å². The first-order chi connectivity index (χ1) is 11.6. The van der Waals surface area contributed by atoms with Crippen molar-refractivity contribution in [2.24, 2.45) is 0 Å². The fourth-order valence-corrected chi connectivity index (χ4v) is 4.11. The Morgan fingerprint density at radius 3 is 2.58 bits per heavy atom. The molecule has 5 nitrogen and oxygen atoms in total. The molecule has 1 N–H and O–H groups in total. The van der Waals surface area contributed by atoms with Crippen LogP contribution in [0.3, 0.4) is 0 Å². The molecule has 1 saturated heterocycles. The SMILES string of the molecule is Cc1ccc(C2(O)CCN(Sc3cccc4nonc34)CC2)cc1. The van der Waals surface area contributed by atoms with E-state index in [2.05, 4.69) is 33.7 Å². The van der Waals surface area contributed by atoms with Crippen LogP contribution in [-0.2, 0) is 5.60 Å². The number of hydrogen-bond acceptors (Lipinski definition) is 6. The van der Waals surface area contributed by atoms with Gasteiger partial charge < -0.3 is 5.11 Å². The van der Waals surface area contributed by atoms with Crippen molar-refractivity contribution >= 4 is 23.0 Å². The van der Waals surface area contributed by atoms with E-state index in [4.69, 9.17) is 4.63 Å². The van der Waals surface area contributed by atoms with Crippen LogP contribution >= 0.6 is 11.9 Å². The lowest BCUT2D eigenvalue weighted by Gasteiger charge is -2.37. The molecule has 0 saturated carbocycles. The number of fused-ring (bicyclic) bond motifs is 1. The van der Waals surface area contributed by atoms with E-state index in [1.807, 2.05) is 30.3 Å². The first-order valence-corrected chi connectivity index (χ1v) is 8.85. The fraction of sp³-hybridized carbons (Fsp3) is 0.333. The summed E-state index contributed by atoms with van der Waals surface area (Å²) in [6, 6.07) is 14.1. The standard InChI is InChI=1S/C18H19N3O2S/c1-13-5-7-14(8-6-13)18(22)9-11-21(12-10-18)24-16-4-2-3-15-17(16)20-23-19-15/h2-8,22H,9-12H2,1H3. The molecule has 24 heavy (non-hydrogen) atoms. The van der Waals surface area contributed by atoms with E-state index < -0.39 is 5.60 Å². The van der Waals surface area contributed by atoms with Crippen molar-refractivity contribution in [3.8, 4) is 0 Å². The molecule has 0 atom stereocenters. The van der Waals surface area contributed by atoms with Crippen LogP contribution in [0, 0.1) is 6.92 Å². The largest absolute Gasteiger partial charge is 0.385 e. The first-order valence-electron chi connectivity index (χ1n) is 8.08. The summed E-state index contributed by atoms with van der Waals surface area (Å²) >= 11 is 1.66. The van der Waals surface area contributed by atoms with Gasteiger partial charge in [0, 0.05) is 13.1 Å². The zero-order valence-electron chi connectivity index (χ0n) is 13.5. The van der Waals surface area contributed by atoms with E-state index in [-0.39, 0.29) is 0 Å². The molecular weight excluding hydrogens is 322 g/mol. The van der Waals surface area contributed by atoms with Gasteiger partial charge in [-0.15, -0.1) is 0 Å². The molecule has 6 heteroatoms. The Labute approximate surface area is 144 Å². The topological polar surface area (TPSA) is 62.4 Å². The lowest BCUT2D eigenvalue weighted by molar-refractivity contribution is -0.00803. The van der Waals surface area contributed by atoms with Crippen molar-refractivity contribution < 1.29 is 9.74 Å². The zero-order chi connectivity index (χ0) is 16.6. The minimum Gasteiger partial charge on any atom is -0.385 e. The van der Waals surface area contributed by atoms with Crippen molar-refractivity contribution in [2.75, 3.05) is 13.1 Å². The van der Waals surface area contributed by atoms with Crippen molar-refractivity contribution in [1.29, 1.82) is 0 Å². The van der Waals surface area contributed by atoms with Gasteiger partial charge >= 0.3 is 0 Å². The molecule has 0 spiro atoms. The van der Waals surface area contributed by atoms with Crippen LogP contribution in [0.4, 0.5) is 0 Å². The predicted octanol–water partition coefficient (Wildman–Crippen LogP) is 3.52. The molecular formula is C18H19N3O2S. The second-order valence-electron chi connectivity index (χ2n) is 6.31. The molecule has 0 amide bonds. The molecule has 0 aliphatic carbocycles. The van der Waals surface area contributed by atoms with Crippen molar-refractivity contribution in [3.05, 3.63) is 53.6 Å². The maximum atomic E-state index is 11.0. The molecule has 2 heterocycles. The predicted molar refractivity (Wildman–Crippen MR) is 93.5 cm³/mol. The molecule has 0 unspecified atom stereocenters. The molecule has 124 valence electrons. The lowest BCUT2D eigenvalue weighted by Crippen LogP contribution is -2.39. The minimum atomic E-state index is -0.730. The van der Waals surface area contributed by atoms with Gasteiger partial charge in [0.1, 0.15) is 11.0 Å². The quantitative estimate of drug-likeness (QED) is 0.736. The average Bonchev–Trinajstić information content (AvgIpc) is 3.07. The number of piperidine rings is 1. The molecule has 3 aromatic rings. The molecule has 1 aliphatic heterocycles. The lowest BCUT2D eigenvalue weighted by atomic mass is 9.85. The second-order valence-corrected chi connectivity index (χ2v) is 7.44. The maximum Gasteiger partial charge on any atom is 0.150 e. The van der Waals surface area contributed by atoms with Gasteiger partial charge in [0.2, 0.25) is 0 Å². The highest BCUT2D eigenvalue weighted by Crippen LogP contribution is 2.37. The smallest absolute Gasteiger partial charge is 0.150 e. The minimum absolute atomic E-state index is 0.718. The molecule has 0 bridgehead atoms. The van der Waals surface area contributed by atoms with Crippen molar-refractivity contribution in [3.63, 3.8) is 0 Å². The van der Waals surface area contributed by atoms with Gasteiger partial charge in [-0.05, 0) is 59.7 Å². The Morgan fingerprint density at radius 1 is 1.08 bits per heavy atom. The normalized spacial score (nSPS) is 18.1. The van der Waals surface area contributed by atoms with Crippen LogP contribution in [0.1, 0.15) is 24.0 Å². The van der Waals surface area contributed by atoms with Crippen LogP contribution in [0.15, 0.2) is 52.0 Å². The molecule has 4 rings (SSSR count). The Kier molecular flexibility index (Phi) is 4.04. The molecule has 1 aliphatic rings. The number of nitrogens with zero attached hydrogens (tertiary/aromatic N) is 3. The highest BCUT2D eigenvalue weighted by atomic mass is 32.2. The van der Waals surface area contributed by atoms with Crippen molar-refractivity contribution in [2.45, 2.75) is 30.3 Å². The third-order valence-corrected chi connectivity index (χ3v) is 5.76. The van der Waals surface area contributed by atoms with Crippen molar-refractivity contribution in [1.82, 2.24) is 14.6 Å². The Hall–Kier alpha value is -1.89. The monoisotopic (exact) mass is 341 g/mol. The highest BCUT2D eigenvalue weighted by molar-refractivity contribution is 7.97. The summed E-state index contributed by atoms with van der Waals surface area (Å²) in [5, 5.41) is 18.9. The van der Waals surface area contributed by atoms with E-state index in [1.165, 1.54) is 5.56 Å². The number of hydrogen-bond donors (Lipinski definition) is 1. The fourth-order valence-electron chi connectivity index (χ4n) is 3.09. The Bertz CT molecular complexity index is 839. The number of aromatic nitrogens is 2. The summed E-state index contributed by atoms with van der Waals surface area (Å²) in [4.78, 5) is 1.04. The highest BCUT2D eigenvalue weighted by Gasteiger charge is 2.34.